The van der Waals surface area contributed by atoms with Gasteiger partial charge in [-0.25, -0.2) is 4.79 Å². The smallest absolute Gasteiger partial charge is 0.326 e. The van der Waals surface area contributed by atoms with E-state index < -0.39 is 12.0 Å². The van der Waals surface area contributed by atoms with E-state index in [1.54, 1.807) is 11.8 Å². The first-order chi connectivity index (χ1) is 7.93. The summed E-state index contributed by atoms with van der Waals surface area (Å²) >= 11 is 1.60. The maximum atomic E-state index is 10.7. The molecular formula is C11H18N2O3S. The van der Waals surface area contributed by atoms with Crippen LogP contribution in [0.15, 0.2) is 0 Å². The highest BCUT2D eigenvalue weighted by atomic mass is 32.2. The van der Waals surface area contributed by atoms with Gasteiger partial charge in [0, 0.05) is 0 Å². The van der Waals surface area contributed by atoms with Crippen LogP contribution in [0.25, 0.3) is 0 Å². The lowest BCUT2D eigenvalue weighted by Crippen LogP contribution is -2.36. The minimum absolute atomic E-state index is 0.333. The van der Waals surface area contributed by atoms with Crippen molar-refractivity contribution in [3.63, 3.8) is 0 Å². The van der Waals surface area contributed by atoms with Crippen molar-refractivity contribution >= 4 is 24.1 Å². The van der Waals surface area contributed by atoms with Gasteiger partial charge in [0.2, 0.25) is 6.41 Å². The predicted molar refractivity (Wildman–Crippen MR) is 66.6 cm³/mol. The van der Waals surface area contributed by atoms with E-state index in [1.165, 1.54) is 0 Å². The zero-order valence-electron chi connectivity index (χ0n) is 10.1. The maximum absolute atomic E-state index is 10.7. The fourth-order valence-electron chi connectivity index (χ4n) is 1.05. The third-order valence-corrected chi connectivity index (χ3v) is 3.31. The average molecular weight is 258 g/mol. The van der Waals surface area contributed by atoms with Crippen molar-refractivity contribution in [1.29, 1.82) is 5.26 Å². The highest BCUT2D eigenvalue weighted by Crippen LogP contribution is 2.21. The van der Waals surface area contributed by atoms with Crippen LogP contribution in [-0.4, -0.2) is 35.0 Å². The van der Waals surface area contributed by atoms with Crippen LogP contribution in [0, 0.1) is 16.7 Å². The Morgan fingerprint density at radius 3 is 2.71 bits per heavy atom. The first kappa shape index (κ1) is 15.8. The van der Waals surface area contributed by atoms with Gasteiger partial charge in [0.1, 0.15) is 6.04 Å². The topological polar surface area (TPSA) is 90.2 Å². The van der Waals surface area contributed by atoms with E-state index >= 15 is 0 Å². The lowest BCUT2D eigenvalue weighted by atomic mass is 9.93. The molecule has 0 radical (unpaired) electrons. The molecule has 6 heteroatoms. The molecule has 0 aromatic rings. The fraction of sp³-hybridized carbons (Fsp3) is 0.727. The van der Waals surface area contributed by atoms with Crippen molar-refractivity contribution in [2.45, 2.75) is 32.7 Å². The Morgan fingerprint density at radius 2 is 2.24 bits per heavy atom. The molecule has 1 atom stereocenters. The standard InChI is InChI=1S/C11H18N2O3S/c1-11(2,7-12)4-6-17-5-3-9(10(15)16)13-8-14/h8-9H,3-6H2,1-2H3,(H,13,14)(H,15,16). The predicted octanol–water partition coefficient (Wildman–Crippen LogP) is 1.25. The Balaban J connectivity index is 3.73. The van der Waals surface area contributed by atoms with Crippen LogP contribution in [0.4, 0.5) is 0 Å². The van der Waals surface area contributed by atoms with E-state index in [4.69, 9.17) is 10.4 Å². The van der Waals surface area contributed by atoms with Gasteiger partial charge in [-0.05, 0) is 38.2 Å². The van der Waals surface area contributed by atoms with Crippen LogP contribution in [0.3, 0.4) is 0 Å². The number of amides is 1. The number of aliphatic carboxylic acids is 1. The molecule has 0 spiro atoms. The second-order valence-corrected chi connectivity index (χ2v) is 5.55. The SMILES string of the molecule is CC(C)(C#N)CCSCCC(NC=O)C(=O)O. The molecule has 5 nitrogen and oxygen atoms in total. The zero-order valence-corrected chi connectivity index (χ0v) is 10.9. The van der Waals surface area contributed by atoms with E-state index in [2.05, 4.69) is 11.4 Å². The van der Waals surface area contributed by atoms with E-state index in [0.717, 1.165) is 12.2 Å². The number of nitrogens with zero attached hydrogens (tertiary/aromatic N) is 1. The highest BCUT2D eigenvalue weighted by Gasteiger charge is 2.17. The lowest BCUT2D eigenvalue weighted by Gasteiger charge is -2.15. The van der Waals surface area contributed by atoms with Gasteiger partial charge in [-0.15, -0.1) is 0 Å². The summed E-state index contributed by atoms with van der Waals surface area (Å²) in [6, 6.07) is 1.40. The monoisotopic (exact) mass is 258 g/mol. The van der Waals surface area contributed by atoms with Crippen molar-refractivity contribution in [2.24, 2.45) is 5.41 Å². The molecule has 0 aromatic carbocycles. The molecule has 0 aliphatic heterocycles. The summed E-state index contributed by atoms with van der Waals surface area (Å²) in [5.74, 6) is 0.447. The number of nitrogens with one attached hydrogen (secondary N) is 1. The fourth-order valence-corrected chi connectivity index (χ4v) is 2.31. The first-order valence-electron chi connectivity index (χ1n) is 5.34. The third kappa shape index (κ3) is 7.64. The van der Waals surface area contributed by atoms with Crippen LogP contribution in [-0.2, 0) is 9.59 Å². The number of carboxylic acids is 1. The molecule has 1 amide bonds. The van der Waals surface area contributed by atoms with Gasteiger partial charge < -0.3 is 10.4 Å². The molecule has 0 saturated heterocycles. The summed E-state index contributed by atoms with van der Waals surface area (Å²) in [5.41, 5.74) is -0.333. The van der Waals surface area contributed by atoms with Crippen LogP contribution < -0.4 is 5.32 Å². The second-order valence-electron chi connectivity index (χ2n) is 4.32. The number of thioether (sulfide) groups is 1. The Hall–Kier alpha value is -1.22. The van der Waals surface area contributed by atoms with Crippen LogP contribution in [0.2, 0.25) is 0 Å². The quantitative estimate of drug-likeness (QED) is 0.480. The van der Waals surface area contributed by atoms with Crippen molar-refractivity contribution in [3.05, 3.63) is 0 Å². The molecule has 0 aliphatic carbocycles. The van der Waals surface area contributed by atoms with Gasteiger partial charge in [0.25, 0.3) is 0 Å². The number of hydrogen-bond acceptors (Lipinski definition) is 4. The number of carboxylic acid groups (broad SMARTS) is 1. The molecule has 0 fully saturated rings. The molecule has 0 saturated carbocycles. The summed E-state index contributed by atoms with van der Waals surface area (Å²) in [6.45, 7) is 3.75. The van der Waals surface area contributed by atoms with E-state index in [9.17, 15) is 9.59 Å². The molecule has 0 aromatic heterocycles. The summed E-state index contributed by atoms with van der Waals surface area (Å²) in [7, 11) is 0. The molecule has 0 rings (SSSR count). The molecular weight excluding hydrogens is 240 g/mol. The Morgan fingerprint density at radius 1 is 1.59 bits per heavy atom. The average Bonchev–Trinajstić information content (AvgIpc) is 2.27. The molecule has 17 heavy (non-hydrogen) atoms. The van der Waals surface area contributed by atoms with Crippen LogP contribution in [0.5, 0.6) is 0 Å². The molecule has 2 N–H and O–H groups in total. The Bertz CT molecular complexity index is 300. The number of nitriles is 1. The summed E-state index contributed by atoms with van der Waals surface area (Å²) in [4.78, 5) is 20.8. The lowest BCUT2D eigenvalue weighted by molar-refractivity contribution is -0.140. The van der Waals surface area contributed by atoms with Crippen molar-refractivity contribution < 1.29 is 14.7 Å². The Labute approximate surface area is 106 Å². The molecule has 1 unspecified atom stereocenters. The van der Waals surface area contributed by atoms with E-state index in [-0.39, 0.29) is 5.41 Å². The van der Waals surface area contributed by atoms with E-state index in [0.29, 0.717) is 18.6 Å². The minimum atomic E-state index is -1.02. The molecule has 0 aliphatic rings. The number of rotatable bonds is 9. The van der Waals surface area contributed by atoms with Gasteiger partial charge >= 0.3 is 5.97 Å². The van der Waals surface area contributed by atoms with Gasteiger partial charge in [-0.2, -0.15) is 17.0 Å². The summed E-state index contributed by atoms with van der Waals surface area (Å²) in [6.07, 6.45) is 1.57. The van der Waals surface area contributed by atoms with Gasteiger partial charge in [-0.1, -0.05) is 0 Å². The highest BCUT2D eigenvalue weighted by molar-refractivity contribution is 7.99. The number of carbonyl (C=O) groups excluding carboxylic acids is 1. The minimum Gasteiger partial charge on any atom is -0.480 e. The van der Waals surface area contributed by atoms with E-state index in [1.807, 2.05) is 13.8 Å². The Kier molecular flexibility index (Phi) is 7.39. The normalized spacial score (nSPS) is 12.5. The van der Waals surface area contributed by atoms with Crippen LogP contribution in [0.1, 0.15) is 26.7 Å². The zero-order chi connectivity index (χ0) is 13.3. The molecule has 96 valence electrons. The van der Waals surface area contributed by atoms with Gasteiger partial charge in [0.05, 0.1) is 11.5 Å². The van der Waals surface area contributed by atoms with Crippen LogP contribution >= 0.6 is 11.8 Å². The van der Waals surface area contributed by atoms with Crippen molar-refractivity contribution in [2.75, 3.05) is 11.5 Å². The molecule has 0 bridgehead atoms. The first-order valence-corrected chi connectivity index (χ1v) is 6.50. The summed E-state index contributed by atoms with van der Waals surface area (Å²) in [5, 5.41) is 19.8. The second kappa shape index (κ2) is 7.96. The van der Waals surface area contributed by atoms with Crippen molar-refractivity contribution in [1.82, 2.24) is 5.32 Å². The summed E-state index contributed by atoms with van der Waals surface area (Å²) < 4.78 is 0. The van der Waals surface area contributed by atoms with Gasteiger partial charge in [-0.3, -0.25) is 4.79 Å². The molecule has 0 heterocycles. The van der Waals surface area contributed by atoms with Crippen molar-refractivity contribution in [3.8, 4) is 6.07 Å². The third-order valence-electron chi connectivity index (χ3n) is 2.29. The number of hydrogen-bond donors (Lipinski definition) is 2. The largest absolute Gasteiger partial charge is 0.480 e. The van der Waals surface area contributed by atoms with Gasteiger partial charge in [0.15, 0.2) is 0 Å². The maximum Gasteiger partial charge on any atom is 0.326 e. The number of carbonyl (C=O) groups is 2.